The van der Waals surface area contributed by atoms with E-state index in [0.29, 0.717) is 0 Å². The summed E-state index contributed by atoms with van der Waals surface area (Å²) in [6.07, 6.45) is 0.483. The lowest BCUT2D eigenvalue weighted by atomic mass is 10.0. The largest absolute Gasteiger partial charge is 0.383 e. The molecule has 0 saturated carbocycles. The van der Waals surface area contributed by atoms with Crippen molar-refractivity contribution < 1.29 is 5.11 Å². The van der Waals surface area contributed by atoms with Crippen LogP contribution in [0.4, 0.5) is 0 Å². The molecule has 102 valence electrons. The standard InChI is InChI=1S/C17H15BrOS/c1-2-15-7-8-16(20-15)17(19)13-4-3-12-10-14(18)6-5-11(12)9-13/h3-10,17,19H,2H2,1H3. The second-order valence-electron chi connectivity index (χ2n) is 4.81. The minimum absolute atomic E-state index is 0.534. The Morgan fingerprint density at radius 2 is 1.80 bits per heavy atom. The van der Waals surface area contributed by atoms with E-state index in [4.69, 9.17) is 0 Å². The summed E-state index contributed by atoms with van der Waals surface area (Å²) in [5.74, 6) is 0. The van der Waals surface area contributed by atoms with Gasteiger partial charge < -0.3 is 5.11 Å². The number of aliphatic hydroxyl groups is 1. The summed E-state index contributed by atoms with van der Waals surface area (Å²) in [4.78, 5) is 2.32. The van der Waals surface area contributed by atoms with Crippen molar-refractivity contribution >= 4 is 38.0 Å². The Morgan fingerprint density at radius 3 is 2.55 bits per heavy atom. The first-order valence-electron chi connectivity index (χ1n) is 6.63. The summed E-state index contributed by atoms with van der Waals surface area (Å²) >= 11 is 5.17. The molecule has 3 aromatic rings. The third-order valence-electron chi connectivity index (χ3n) is 3.44. The van der Waals surface area contributed by atoms with Gasteiger partial charge in [0, 0.05) is 14.2 Å². The topological polar surface area (TPSA) is 20.2 Å². The lowest BCUT2D eigenvalue weighted by molar-refractivity contribution is 0.224. The molecule has 20 heavy (non-hydrogen) atoms. The molecular formula is C17H15BrOS. The molecule has 1 N–H and O–H groups in total. The molecule has 3 rings (SSSR count). The van der Waals surface area contributed by atoms with Gasteiger partial charge in [0.25, 0.3) is 0 Å². The summed E-state index contributed by atoms with van der Waals surface area (Å²) in [6, 6.07) is 16.4. The maximum Gasteiger partial charge on any atom is 0.113 e. The van der Waals surface area contributed by atoms with Crippen molar-refractivity contribution in [1.82, 2.24) is 0 Å². The van der Waals surface area contributed by atoms with Crippen LogP contribution in [0, 0.1) is 0 Å². The molecule has 0 aliphatic heterocycles. The average molecular weight is 347 g/mol. The maximum atomic E-state index is 10.5. The summed E-state index contributed by atoms with van der Waals surface area (Å²) < 4.78 is 1.07. The van der Waals surface area contributed by atoms with Crippen LogP contribution in [0.3, 0.4) is 0 Å². The van der Waals surface area contributed by atoms with Crippen LogP contribution in [0.5, 0.6) is 0 Å². The molecule has 0 aliphatic carbocycles. The normalized spacial score (nSPS) is 12.8. The van der Waals surface area contributed by atoms with Gasteiger partial charge in [0.2, 0.25) is 0 Å². The van der Waals surface area contributed by atoms with Crippen molar-refractivity contribution in [3.8, 4) is 0 Å². The predicted octanol–water partition coefficient (Wildman–Crippen LogP) is 5.31. The molecule has 1 aromatic heterocycles. The molecule has 0 radical (unpaired) electrons. The minimum atomic E-state index is -0.534. The number of rotatable bonds is 3. The van der Waals surface area contributed by atoms with Gasteiger partial charge in [0.15, 0.2) is 0 Å². The van der Waals surface area contributed by atoms with E-state index < -0.39 is 6.10 Å². The molecule has 2 aromatic carbocycles. The van der Waals surface area contributed by atoms with Gasteiger partial charge in [0.1, 0.15) is 6.10 Å². The van der Waals surface area contributed by atoms with Crippen molar-refractivity contribution in [2.45, 2.75) is 19.4 Å². The molecule has 1 atom stereocenters. The van der Waals surface area contributed by atoms with E-state index in [-0.39, 0.29) is 0 Å². The first-order valence-corrected chi connectivity index (χ1v) is 8.24. The number of fused-ring (bicyclic) bond motifs is 1. The molecule has 0 aliphatic rings. The molecule has 0 amide bonds. The highest BCUT2D eigenvalue weighted by Crippen LogP contribution is 2.31. The Kier molecular flexibility index (Phi) is 3.92. The van der Waals surface area contributed by atoms with Crippen LogP contribution >= 0.6 is 27.3 Å². The Balaban J connectivity index is 1.98. The molecule has 1 nitrogen and oxygen atoms in total. The smallest absolute Gasteiger partial charge is 0.113 e. The summed E-state index contributed by atoms with van der Waals surface area (Å²) in [7, 11) is 0. The van der Waals surface area contributed by atoms with E-state index in [1.165, 1.54) is 10.3 Å². The Labute approximate surface area is 131 Å². The minimum Gasteiger partial charge on any atom is -0.383 e. The van der Waals surface area contributed by atoms with Crippen molar-refractivity contribution in [3.63, 3.8) is 0 Å². The van der Waals surface area contributed by atoms with Gasteiger partial charge in [-0.15, -0.1) is 11.3 Å². The molecule has 0 saturated heterocycles. The first kappa shape index (κ1) is 13.8. The molecule has 0 bridgehead atoms. The van der Waals surface area contributed by atoms with Crippen LogP contribution in [0.1, 0.15) is 28.3 Å². The average Bonchev–Trinajstić information content (AvgIpc) is 2.95. The SMILES string of the molecule is CCc1ccc(C(O)c2ccc3cc(Br)ccc3c2)s1. The van der Waals surface area contributed by atoms with E-state index in [9.17, 15) is 5.11 Å². The van der Waals surface area contributed by atoms with Gasteiger partial charge in [-0.05, 0) is 53.1 Å². The lowest BCUT2D eigenvalue weighted by Gasteiger charge is -2.10. The van der Waals surface area contributed by atoms with Gasteiger partial charge in [0.05, 0.1) is 0 Å². The number of thiophene rings is 1. The molecule has 3 heteroatoms. The molecular weight excluding hydrogens is 332 g/mol. The predicted molar refractivity (Wildman–Crippen MR) is 89.4 cm³/mol. The third kappa shape index (κ3) is 2.66. The monoisotopic (exact) mass is 346 g/mol. The first-order chi connectivity index (χ1) is 9.67. The van der Waals surface area contributed by atoms with E-state index in [0.717, 1.165) is 26.7 Å². The number of halogens is 1. The van der Waals surface area contributed by atoms with E-state index >= 15 is 0 Å². The summed E-state index contributed by atoms with van der Waals surface area (Å²) in [5.41, 5.74) is 0.948. The molecule has 0 fully saturated rings. The van der Waals surface area contributed by atoms with Crippen LogP contribution in [-0.2, 0) is 6.42 Å². The van der Waals surface area contributed by atoms with E-state index in [1.54, 1.807) is 11.3 Å². The zero-order valence-corrected chi connectivity index (χ0v) is 13.5. The summed E-state index contributed by atoms with van der Waals surface area (Å²) in [5, 5.41) is 12.8. The highest BCUT2D eigenvalue weighted by molar-refractivity contribution is 9.10. The third-order valence-corrected chi connectivity index (χ3v) is 5.22. The second-order valence-corrected chi connectivity index (χ2v) is 6.93. The zero-order valence-electron chi connectivity index (χ0n) is 11.1. The summed E-state index contributed by atoms with van der Waals surface area (Å²) in [6.45, 7) is 2.13. The van der Waals surface area contributed by atoms with Crippen molar-refractivity contribution in [2.75, 3.05) is 0 Å². The van der Waals surface area contributed by atoms with Crippen LogP contribution in [-0.4, -0.2) is 5.11 Å². The lowest BCUT2D eigenvalue weighted by Crippen LogP contribution is -1.96. The number of aryl methyl sites for hydroxylation is 1. The zero-order chi connectivity index (χ0) is 14.1. The Hall–Kier alpha value is -1.16. The highest BCUT2D eigenvalue weighted by atomic mass is 79.9. The number of benzene rings is 2. The van der Waals surface area contributed by atoms with Crippen molar-refractivity contribution in [2.24, 2.45) is 0 Å². The van der Waals surface area contributed by atoms with Crippen molar-refractivity contribution in [3.05, 3.63) is 68.3 Å². The molecule has 0 spiro atoms. The number of hydrogen-bond acceptors (Lipinski definition) is 2. The van der Waals surface area contributed by atoms with E-state index in [1.807, 2.05) is 18.2 Å². The van der Waals surface area contributed by atoms with Crippen LogP contribution in [0.25, 0.3) is 10.8 Å². The number of hydrogen-bond donors (Lipinski definition) is 1. The van der Waals surface area contributed by atoms with Gasteiger partial charge in [-0.1, -0.05) is 41.1 Å². The van der Waals surface area contributed by atoms with Crippen LogP contribution < -0.4 is 0 Å². The Morgan fingerprint density at radius 1 is 1.05 bits per heavy atom. The quantitative estimate of drug-likeness (QED) is 0.681. The fourth-order valence-electron chi connectivity index (χ4n) is 2.30. The Bertz CT molecular complexity index is 748. The van der Waals surface area contributed by atoms with Crippen LogP contribution in [0.2, 0.25) is 0 Å². The van der Waals surface area contributed by atoms with Gasteiger partial charge in [-0.3, -0.25) is 0 Å². The molecule has 1 heterocycles. The fraction of sp³-hybridized carbons (Fsp3) is 0.176. The van der Waals surface area contributed by atoms with E-state index in [2.05, 4.69) is 53.2 Å². The molecule has 1 unspecified atom stereocenters. The van der Waals surface area contributed by atoms with Gasteiger partial charge >= 0.3 is 0 Å². The van der Waals surface area contributed by atoms with Gasteiger partial charge in [-0.2, -0.15) is 0 Å². The fourth-order valence-corrected chi connectivity index (χ4v) is 3.65. The van der Waals surface area contributed by atoms with Gasteiger partial charge in [-0.25, -0.2) is 0 Å². The van der Waals surface area contributed by atoms with Crippen molar-refractivity contribution in [1.29, 1.82) is 0 Å². The van der Waals surface area contributed by atoms with Crippen LogP contribution in [0.15, 0.2) is 53.0 Å². The maximum absolute atomic E-state index is 10.5. The number of aliphatic hydroxyl groups excluding tert-OH is 1. The highest BCUT2D eigenvalue weighted by Gasteiger charge is 2.13. The second kappa shape index (κ2) is 5.68.